The zero-order valence-corrected chi connectivity index (χ0v) is 13.0. The number of aromatic amines is 1. The second kappa shape index (κ2) is 6.24. The minimum absolute atomic E-state index is 0.0921. The quantitative estimate of drug-likeness (QED) is 0.591. The molecule has 0 atom stereocenters. The van der Waals surface area contributed by atoms with Crippen LogP contribution in [0.4, 0.5) is 0 Å². The molecule has 0 bridgehead atoms. The number of thioether (sulfide) groups is 1. The molecule has 0 radical (unpaired) electrons. The molecule has 0 spiro atoms. The van der Waals surface area contributed by atoms with E-state index in [1.54, 1.807) is 24.5 Å². The van der Waals surface area contributed by atoms with E-state index in [4.69, 9.17) is 0 Å². The molecular weight excluding hydrogens is 302 g/mol. The Balaban J connectivity index is 1.92. The first-order valence-electron chi connectivity index (χ1n) is 6.41. The fraction of sp³-hybridized carbons (Fsp3) is 0.133. The van der Waals surface area contributed by atoms with Gasteiger partial charge in [0.15, 0.2) is 5.16 Å². The second-order valence-corrected chi connectivity index (χ2v) is 6.37. The number of benzene rings is 1. The van der Waals surface area contributed by atoms with Gasteiger partial charge in [-0.2, -0.15) is 0 Å². The van der Waals surface area contributed by atoms with E-state index in [9.17, 15) is 4.79 Å². The van der Waals surface area contributed by atoms with Crippen LogP contribution >= 0.6 is 23.1 Å². The summed E-state index contributed by atoms with van der Waals surface area (Å²) in [7, 11) is 0. The maximum Gasteiger partial charge on any atom is 0.255 e. The highest BCUT2D eigenvalue weighted by Gasteiger charge is 2.10. The van der Waals surface area contributed by atoms with Crippen LogP contribution in [0.3, 0.4) is 0 Å². The Bertz CT molecular complexity index is 782. The van der Waals surface area contributed by atoms with Crippen LogP contribution in [0.2, 0.25) is 0 Å². The van der Waals surface area contributed by atoms with E-state index in [-0.39, 0.29) is 5.56 Å². The van der Waals surface area contributed by atoms with Crippen LogP contribution in [0.5, 0.6) is 0 Å². The van der Waals surface area contributed by atoms with Crippen LogP contribution in [-0.4, -0.2) is 15.0 Å². The first-order valence-corrected chi connectivity index (χ1v) is 8.28. The van der Waals surface area contributed by atoms with E-state index in [1.807, 2.05) is 35.7 Å². The molecule has 0 fully saturated rings. The summed E-state index contributed by atoms with van der Waals surface area (Å²) >= 11 is 3.09. The van der Waals surface area contributed by atoms with Gasteiger partial charge >= 0.3 is 0 Å². The Hall–Kier alpha value is -1.92. The number of H-pyrrole nitrogens is 1. The summed E-state index contributed by atoms with van der Waals surface area (Å²) in [4.78, 5) is 23.7. The Morgan fingerprint density at radius 3 is 2.81 bits per heavy atom. The monoisotopic (exact) mass is 315 g/mol. The lowest BCUT2D eigenvalue weighted by atomic mass is 10.1. The lowest BCUT2D eigenvalue weighted by Crippen LogP contribution is -2.13. The largest absolute Gasteiger partial charge is 0.301 e. The van der Waals surface area contributed by atoms with Crippen molar-refractivity contribution in [3.8, 4) is 11.3 Å². The molecule has 0 aliphatic heterocycles. The molecule has 0 aliphatic rings. The summed E-state index contributed by atoms with van der Waals surface area (Å²) in [5.41, 5.74) is 2.24. The molecule has 3 aromatic rings. The number of hydrogen-bond donors (Lipinski definition) is 1. The van der Waals surface area contributed by atoms with Gasteiger partial charge in [0.05, 0.1) is 11.4 Å². The molecule has 0 saturated heterocycles. The van der Waals surface area contributed by atoms with Gasteiger partial charge in [0.2, 0.25) is 0 Å². The second-order valence-electron chi connectivity index (χ2n) is 4.43. The third-order valence-corrected chi connectivity index (χ3v) is 4.84. The lowest BCUT2D eigenvalue weighted by Gasteiger charge is -2.07. The average molecular weight is 315 g/mol. The smallest absolute Gasteiger partial charge is 0.255 e. The van der Waals surface area contributed by atoms with Crippen molar-refractivity contribution in [1.29, 1.82) is 0 Å². The highest BCUT2D eigenvalue weighted by Crippen LogP contribution is 2.24. The summed E-state index contributed by atoms with van der Waals surface area (Å²) in [6.45, 7) is 1.80. The molecule has 0 unspecified atom stereocenters. The van der Waals surface area contributed by atoms with Gasteiger partial charge in [0, 0.05) is 22.7 Å². The van der Waals surface area contributed by atoms with Gasteiger partial charge in [0.1, 0.15) is 5.01 Å². The number of aromatic nitrogens is 3. The molecule has 106 valence electrons. The summed E-state index contributed by atoms with van der Waals surface area (Å²) < 4.78 is 0. The van der Waals surface area contributed by atoms with Crippen LogP contribution < -0.4 is 5.56 Å². The van der Waals surface area contributed by atoms with Gasteiger partial charge in [-0.3, -0.25) is 4.79 Å². The summed E-state index contributed by atoms with van der Waals surface area (Å²) in [5, 5.41) is 3.58. The third-order valence-electron chi connectivity index (χ3n) is 2.99. The van der Waals surface area contributed by atoms with E-state index < -0.39 is 0 Å². The fourth-order valence-electron chi connectivity index (χ4n) is 1.91. The van der Waals surface area contributed by atoms with E-state index in [0.29, 0.717) is 16.5 Å². The topological polar surface area (TPSA) is 58.6 Å². The van der Waals surface area contributed by atoms with Crippen molar-refractivity contribution < 1.29 is 0 Å². The normalized spacial score (nSPS) is 10.7. The predicted octanol–water partition coefficient (Wildman–Crippen LogP) is 3.49. The molecule has 6 heteroatoms. The number of nitrogens with zero attached hydrogens (tertiary/aromatic N) is 2. The Kier molecular flexibility index (Phi) is 4.17. The van der Waals surface area contributed by atoms with Gasteiger partial charge in [0.25, 0.3) is 5.56 Å². The van der Waals surface area contributed by atoms with E-state index in [1.165, 1.54) is 11.8 Å². The highest BCUT2D eigenvalue weighted by molar-refractivity contribution is 7.98. The molecule has 0 aliphatic carbocycles. The summed E-state index contributed by atoms with van der Waals surface area (Å²) in [5.74, 6) is 0.706. The number of thiazole rings is 1. The van der Waals surface area contributed by atoms with Crippen molar-refractivity contribution in [3.05, 3.63) is 62.8 Å². The average Bonchev–Trinajstić information content (AvgIpc) is 3.02. The molecule has 21 heavy (non-hydrogen) atoms. The first-order chi connectivity index (χ1) is 10.2. The zero-order valence-electron chi connectivity index (χ0n) is 11.4. The van der Waals surface area contributed by atoms with Gasteiger partial charge in [-0.25, -0.2) is 9.97 Å². The summed E-state index contributed by atoms with van der Waals surface area (Å²) in [6.07, 6.45) is 1.78. The molecule has 2 aromatic heterocycles. The van der Waals surface area contributed by atoms with Crippen molar-refractivity contribution in [2.45, 2.75) is 17.8 Å². The van der Waals surface area contributed by atoms with E-state index in [0.717, 1.165) is 16.3 Å². The van der Waals surface area contributed by atoms with Crippen LogP contribution in [0.25, 0.3) is 11.3 Å². The molecule has 4 nitrogen and oxygen atoms in total. The Morgan fingerprint density at radius 2 is 2.10 bits per heavy atom. The maximum absolute atomic E-state index is 12.1. The maximum atomic E-state index is 12.1. The third kappa shape index (κ3) is 3.22. The lowest BCUT2D eigenvalue weighted by molar-refractivity contribution is 0.923. The van der Waals surface area contributed by atoms with Crippen LogP contribution in [-0.2, 0) is 5.75 Å². The van der Waals surface area contributed by atoms with Crippen molar-refractivity contribution in [1.82, 2.24) is 15.0 Å². The van der Waals surface area contributed by atoms with E-state index >= 15 is 0 Å². The molecule has 2 heterocycles. The van der Waals surface area contributed by atoms with Gasteiger partial charge in [-0.15, -0.1) is 11.3 Å². The van der Waals surface area contributed by atoms with Crippen molar-refractivity contribution in [2.24, 2.45) is 0 Å². The SMILES string of the molecule is Cc1c(-c2ccccc2)nc(SCc2nccs2)[nH]c1=O. The molecule has 3 rings (SSSR count). The number of nitrogens with one attached hydrogen (secondary N) is 1. The van der Waals surface area contributed by atoms with E-state index in [2.05, 4.69) is 15.0 Å². The van der Waals surface area contributed by atoms with Crippen LogP contribution in [0.1, 0.15) is 10.6 Å². The number of hydrogen-bond acceptors (Lipinski definition) is 5. The molecule has 1 aromatic carbocycles. The first kappa shape index (κ1) is 14.0. The van der Waals surface area contributed by atoms with Gasteiger partial charge in [-0.05, 0) is 6.92 Å². The Labute approximate surface area is 130 Å². The zero-order chi connectivity index (χ0) is 14.7. The van der Waals surface area contributed by atoms with Crippen LogP contribution in [0, 0.1) is 6.92 Å². The van der Waals surface area contributed by atoms with Crippen molar-refractivity contribution in [3.63, 3.8) is 0 Å². The Morgan fingerprint density at radius 1 is 1.29 bits per heavy atom. The van der Waals surface area contributed by atoms with Gasteiger partial charge in [-0.1, -0.05) is 42.1 Å². The standard InChI is InChI=1S/C15H13N3OS2/c1-10-13(11-5-3-2-4-6-11)17-15(18-14(10)19)21-9-12-16-7-8-20-12/h2-8H,9H2,1H3,(H,17,18,19). The molecular formula is C15H13N3OS2. The predicted molar refractivity (Wildman–Crippen MR) is 86.7 cm³/mol. The minimum Gasteiger partial charge on any atom is -0.301 e. The van der Waals surface area contributed by atoms with Gasteiger partial charge < -0.3 is 4.98 Å². The summed E-state index contributed by atoms with van der Waals surface area (Å²) in [6, 6.07) is 9.76. The molecule has 1 N–H and O–H groups in total. The number of rotatable bonds is 4. The minimum atomic E-state index is -0.0921. The van der Waals surface area contributed by atoms with Crippen LogP contribution in [0.15, 0.2) is 51.9 Å². The van der Waals surface area contributed by atoms with Crippen molar-refractivity contribution >= 4 is 23.1 Å². The fourth-order valence-corrected chi connectivity index (χ4v) is 3.42. The van der Waals surface area contributed by atoms with Crippen molar-refractivity contribution in [2.75, 3.05) is 0 Å². The molecule has 0 amide bonds. The molecule has 0 saturated carbocycles. The highest BCUT2D eigenvalue weighted by atomic mass is 32.2.